The minimum Gasteiger partial charge on any atom is -0.464 e. The van der Waals surface area contributed by atoms with Gasteiger partial charge in [0.05, 0.1) is 13.2 Å². The molecule has 0 spiro atoms. The van der Waals surface area contributed by atoms with E-state index < -0.39 is 17.5 Å². The Hall–Kier alpha value is -1.79. The molecule has 0 bridgehead atoms. The van der Waals surface area contributed by atoms with Crippen LogP contribution in [0.15, 0.2) is 5.11 Å². The average Bonchev–Trinajstić information content (AvgIpc) is 2.76. The maximum Gasteiger partial charge on any atom is 0.337 e. The maximum atomic E-state index is 12.1. The summed E-state index contributed by atoms with van der Waals surface area (Å²) in [5, 5.41) is 3.55. The molecule has 180 valence electrons. The largest absolute Gasteiger partial charge is 0.464 e. The monoisotopic (exact) mass is 440 g/mol. The van der Waals surface area contributed by atoms with Crippen molar-refractivity contribution in [1.29, 1.82) is 0 Å². The van der Waals surface area contributed by atoms with Gasteiger partial charge in [-0.1, -0.05) is 88.6 Å². The van der Waals surface area contributed by atoms with Crippen LogP contribution in [-0.4, -0.2) is 37.2 Å². The van der Waals surface area contributed by atoms with Gasteiger partial charge in [0.1, 0.15) is 0 Å². The summed E-state index contributed by atoms with van der Waals surface area (Å²) >= 11 is 0. The van der Waals surface area contributed by atoms with Gasteiger partial charge < -0.3 is 15.2 Å². The van der Waals surface area contributed by atoms with Gasteiger partial charge in [0.2, 0.25) is 5.54 Å². The number of carbonyl (C=O) groups excluding carboxylic acids is 2. The van der Waals surface area contributed by atoms with Crippen LogP contribution >= 0.6 is 0 Å². The molecule has 0 saturated carbocycles. The van der Waals surface area contributed by atoms with E-state index in [2.05, 4.69) is 10.0 Å². The van der Waals surface area contributed by atoms with E-state index in [1.807, 2.05) is 0 Å². The lowest BCUT2D eigenvalue weighted by Gasteiger charge is -2.24. The van der Waals surface area contributed by atoms with E-state index in [1.54, 1.807) is 13.8 Å². The van der Waals surface area contributed by atoms with Crippen molar-refractivity contribution >= 4 is 11.9 Å². The normalized spacial score (nSPS) is 11.1. The third kappa shape index (κ3) is 14.8. The molecule has 0 radical (unpaired) electrons. The van der Waals surface area contributed by atoms with E-state index >= 15 is 0 Å². The number of carbonyl (C=O) groups is 2. The molecular formula is C23H44N4O4. The van der Waals surface area contributed by atoms with Gasteiger partial charge in [-0.05, 0) is 32.2 Å². The Labute approximate surface area is 188 Å². The molecule has 0 rings (SSSR count). The summed E-state index contributed by atoms with van der Waals surface area (Å²) in [6.45, 7) is 4.40. The quantitative estimate of drug-likeness (QED) is 0.0587. The van der Waals surface area contributed by atoms with Crippen molar-refractivity contribution in [1.82, 2.24) is 0 Å². The lowest BCUT2D eigenvalue weighted by molar-refractivity contribution is -0.164. The minimum atomic E-state index is -1.68. The molecule has 0 aliphatic rings. The van der Waals surface area contributed by atoms with Crippen LogP contribution in [-0.2, 0) is 19.1 Å². The van der Waals surface area contributed by atoms with Crippen LogP contribution in [0.25, 0.3) is 10.4 Å². The summed E-state index contributed by atoms with van der Waals surface area (Å²) in [6, 6.07) is 0. The van der Waals surface area contributed by atoms with Crippen molar-refractivity contribution in [3.8, 4) is 0 Å². The summed E-state index contributed by atoms with van der Waals surface area (Å²) in [5.41, 5.74) is 12.6. The number of hydrogen-bond acceptors (Lipinski definition) is 6. The molecule has 8 nitrogen and oxygen atoms in total. The van der Waals surface area contributed by atoms with Crippen molar-refractivity contribution in [2.45, 2.75) is 116 Å². The smallest absolute Gasteiger partial charge is 0.337 e. The fraction of sp³-hybridized carbons (Fsp3) is 0.913. The number of rotatable bonds is 21. The molecular weight excluding hydrogens is 396 g/mol. The molecule has 0 unspecified atom stereocenters. The molecule has 0 saturated heterocycles. The Morgan fingerprint density at radius 3 is 1.45 bits per heavy atom. The van der Waals surface area contributed by atoms with Crippen molar-refractivity contribution in [2.24, 2.45) is 10.8 Å². The second kappa shape index (κ2) is 20.1. The number of esters is 2. The van der Waals surface area contributed by atoms with Crippen LogP contribution in [0.3, 0.4) is 0 Å². The van der Waals surface area contributed by atoms with Crippen LogP contribution in [0, 0.1) is 0 Å². The van der Waals surface area contributed by atoms with Gasteiger partial charge in [0, 0.05) is 11.5 Å². The molecule has 0 aliphatic carbocycles. The average molecular weight is 441 g/mol. The van der Waals surface area contributed by atoms with Crippen molar-refractivity contribution in [2.75, 3.05) is 19.8 Å². The van der Waals surface area contributed by atoms with Gasteiger partial charge in [-0.15, -0.1) is 0 Å². The van der Waals surface area contributed by atoms with Crippen LogP contribution < -0.4 is 5.73 Å². The van der Waals surface area contributed by atoms with Crippen molar-refractivity contribution in [3.05, 3.63) is 10.4 Å². The summed E-state index contributed by atoms with van der Waals surface area (Å²) in [6.07, 6.45) is 16.5. The van der Waals surface area contributed by atoms with E-state index in [0.29, 0.717) is 13.0 Å². The molecule has 0 aliphatic heterocycles. The second-order valence-corrected chi connectivity index (χ2v) is 8.07. The number of azide groups is 1. The fourth-order valence-electron chi connectivity index (χ4n) is 3.56. The lowest BCUT2D eigenvalue weighted by Crippen LogP contribution is -2.56. The Morgan fingerprint density at radius 1 is 0.742 bits per heavy atom. The highest BCUT2D eigenvalue weighted by Gasteiger charge is 2.44. The third-order valence-corrected chi connectivity index (χ3v) is 5.42. The van der Waals surface area contributed by atoms with E-state index in [4.69, 9.17) is 20.7 Å². The fourth-order valence-corrected chi connectivity index (χ4v) is 3.56. The minimum absolute atomic E-state index is 0.191. The molecule has 0 aromatic carbocycles. The number of hydrogen-bond donors (Lipinski definition) is 1. The third-order valence-electron chi connectivity index (χ3n) is 5.42. The molecule has 0 aromatic rings. The van der Waals surface area contributed by atoms with Gasteiger partial charge in [-0.2, -0.15) is 0 Å². The van der Waals surface area contributed by atoms with Gasteiger partial charge >= 0.3 is 11.9 Å². The number of unbranched alkanes of at least 4 members (excludes halogenated alkanes) is 13. The highest BCUT2D eigenvalue weighted by Crippen LogP contribution is 2.19. The van der Waals surface area contributed by atoms with Gasteiger partial charge in [-0.25, -0.2) is 9.59 Å². The van der Waals surface area contributed by atoms with Gasteiger partial charge in [-0.3, -0.25) is 0 Å². The Balaban J connectivity index is 3.67. The summed E-state index contributed by atoms with van der Waals surface area (Å²) in [5.74, 6) is -1.39. The van der Waals surface area contributed by atoms with Gasteiger partial charge in [0.25, 0.3) is 0 Å². The predicted octanol–water partition coefficient (Wildman–Crippen LogP) is 5.97. The van der Waals surface area contributed by atoms with E-state index in [9.17, 15) is 9.59 Å². The van der Waals surface area contributed by atoms with Crippen molar-refractivity contribution < 1.29 is 19.1 Å². The standard InChI is InChI=1S/C23H44N4O4/c1-3-30-21(28)23(24,22(29)31-4-2)19-17-15-13-11-9-7-5-6-8-10-12-14-16-18-20-26-27-25/h3-20,24H2,1-2H3. The van der Waals surface area contributed by atoms with E-state index in [-0.39, 0.29) is 19.6 Å². The molecule has 0 aromatic heterocycles. The molecule has 31 heavy (non-hydrogen) atoms. The zero-order chi connectivity index (χ0) is 23.2. The van der Waals surface area contributed by atoms with E-state index in [1.165, 1.54) is 57.8 Å². The maximum absolute atomic E-state index is 12.1. The van der Waals surface area contributed by atoms with Crippen LogP contribution in [0.2, 0.25) is 0 Å². The second-order valence-electron chi connectivity index (χ2n) is 8.07. The Kier molecular flexibility index (Phi) is 19.0. The summed E-state index contributed by atoms with van der Waals surface area (Å²) in [4.78, 5) is 27.0. The SMILES string of the molecule is CCOC(=O)C(N)(CCCCCCCCCCCCCCCCN=[N+]=[N-])C(=O)OCC. The summed E-state index contributed by atoms with van der Waals surface area (Å²) in [7, 11) is 0. The van der Waals surface area contributed by atoms with Crippen molar-refractivity contribution in [3.63, 3.8) is 0 Å². The number of ether oxygens (including phenoxy) is 2. The van der Waals surface area contributed by atoms with Crippen LogP contribution in [0.5, 0.6) is 0 Å². The van der Waals surface area contributed by atoms with Crippen LogP contribution in [0.1, 0.15) is 110 Å². The number of nitrogens with zero attached hydrogens (tertiary/aromatic N) is 3. The molecule has 8 heteroatoms. The highest BCUT2D eigenvalue weighted by atomic mass is 16.6. The first kappa shape index (κ1) is 29.2. The summed E-state index contributed by atoms with van der Waals surface area (Å²) < 4.78 is 9.96. The lowest BCUT2D eigenvalue weighted by atomic mass is 9.92. The highest BCUT2D eigenvalue weighted by molar-refractivity contribution is 6.04. The zero-order valence-corrected chi connectivity index (χ0v) is 19.8. The first-order valence-corrected chi connectivity index (χ1v) is 12.2. The number of nitrogens with two attached hydrogens (primary N) is 1. The first-order valence-electron chi connectivity index (χ1n) is 12.2. The van der Waals surface area contributed by atoms with Gasteiger partial charge in [0.15, 0.2) is 0 Å². The molecule has 0 atom stereocenters. The molecule has 2 N–H and O–H groups in total. The predicted molar refractivity (Wildman–Crippen MR) is 123 cm³/mol. The zero-order valence-electron chi connectivity index (χ0n) is 19.8. The topological polar surface area (TPSA) is 127 Å². The Bertz CT molecular complexity index is 504. The van der Waals surface area contributed by atoms with Crippen LogP contribution in [0.4, 0.5) is 0 Å². The molecule has 0 amide bonds. The molecule has 0 fully saturated rings. The van der Waals surface area contributed by atoms with E-state index in [0.717, 1.165) is 25.7 Å². The Morgan fingerprint density at radius 2 is 1.10 bits per heavy atom. The molecule has 0 heterocycles. The first-order chi connectivity index (χ1) is 15.0.